The fraction of sp³-hybridized carbons (Fsp3) is 0.500. The Kier molecular flexibility index (Phi) is 4.89. The van der Waals surface area contributed by atoms with Crippen LogP contribution in [0.4, 0.5) is 14.5 Å². The van der Waals surface area contributed by atoms with Gasteiger partial charge in [0.15, 0.2) is 0 Å². The summed E-state index contributed by atoms with van der Waals surface area (Å²) in [6, 6.07) is 5.89. The quantitative estimate of drug-likeness (QED) is 0.893. The Hall–Kier alpha value is -1.69. The van der Waals surface area contributed by atoms with Crippen LogP contribution in [0.2, 0.25) is 0 Å². The zero-order valence-corrected chi connectivity index (χ0v) is 11.2. The zero-order valence-electron chi connectivity index (χ0n) is 11.2. The fourth-order valence-electron chi connectivity index (χ4n) is 2.30. The van der Waals surface area contributed by atoms with Crippen molar-refractivity contribution >= 4 is 11.6 Å². The molecular formula is C14H18F2N2O2. The van der Waals surface area contributed by atoms with Crippen molar-refractivity contribution in [2.75, 3.05) is 11.9 Å². The summed E-state index contributed by atoms with van der Waals surface area (Å²) in [5.74, 6) is 0.223. The predicted octanol–water partition coefficient (Wildman–Crippen LogP) is 2.61. The highest BCUT2D eigenvalue weighted by Gasteiger charge is 2.25. The maximum atomic E-state index is 12.3. The second-order valence-electron chi connectivity index (χ2n) is 5.00. The number of hydrogen-bond donors (Lipinski definition) is 2. The van der Waals surface area contributed by atoms with E-state index in [2.05, 4.69) is 22.3 Å². The van der Waals surface area contributed by atoms with E-state index in [0.717, 1.165) is 19.4 Å². The van der Waals surface area contributed by atoms with Gasteiger partial charge in [-0.1, -0.05) is 19.1 Å². The molecule has 2 N–H and O–H groups in total. The molecule has 1 aliphatic rings. The number of amides is 1. The molecule has 0 aliphatic carbocycles. The smallest absolute Gasteiger partial charge is 0.387 e. The number of carbonyl (C=O) groups excluding carboxylic acids is 1. The van der Waals surface area contributed by atoms with E-state index < -0.39 is 6.61 Å². The number of nitrogens with one attached hydrogen (secondary N) is 2. The molecule has 0 saturated carbocycles. The first-order valence-electron chi connectivity index (χ1n) is 6.64. The Bertz CT molecular complexity index is 468. The van der Waals surface area contributed by atoms with Crippen molar-refractivity contribution in [3.05, 3.63) is 24.3 Å². The third-order valence-electron chi connectivity index (χ3n) is 3.34. The van der Waals surface area contributed by atoms with E-state index in [-0.39, 0.29) is 23.4 Å². The van der Waals surface area contributed by atoms with Crippen LogP contribution in [-0.4, -0.2) is 25.1 Å². The lowest BCUT2D eigenvalue weighted by Crippen LogP contribution is -2.45. The van der Waals surface area contributed by atoms with Crippen molar-refractivity contribution in [2.45, 2.75) is 32.4 Å². The van der Waals surface area contributed by atoms with Gasteiger partial charge in [0.2, 0.25) is 5.91 Å². The van der Waals surface area contributed by atoms with E-state index >= 15 is 0 Å². The number of halogens is 2. The Labute approximate surface area is 116 Å². The molecule has 4 nitrogen and oxygen atoms in total. The number of benzene rings is 1. The van der Waals surface area contributed by atoms with Crippen LogP contribution in [0.3, 0.4) is 0 Å². The molecular weight excluding hydrogens is 266 g/mol. The molecule has 0 aromatic heterocycles. The summed E-state index contributed by atoms with van der Waals surface area (Å²) in [7, 11) is 0. The van der Waals surface area contributed by atoms with E-state index in [1.54, 1.807) is 18.2 Å². The second kappa shape index (κ2) is 6.65. The summed E-state index contributed by atoms with van der Waals surface area (Å²) in [5, 5.41) is 5.78. The first kappa shape index (κ1) is 14.7. The average Bonchev–Trinajstić information content (AvgIpc) is 2.40. The van der Waals surface area contributed by atoms with Crippen molar-refractivity contribution in [3.8, 4) is 5.75 Å². The standard InChI is InChI=1S/C14H18F2N2O2/c1-9-6-7-17-11(8-9)13(19)18-10-4-2-3-5-12(10)20-14(15)16/h2-5,9,11,14,17H,6-8H2,1H3,(H,18,19). The van der Waals surface area contributed by atoms with Crippen molar-refractivity contribution in [3.63, 3.8) is 0 Å². The van der Waals surface area contributed by atoms with Crippen molar-refractivity contribution in [1.82, 2.24) is 5.32 Å². The van der Waals surface area contributed by atoms with Gasteiger partial charge in [-0.3, -0.25) is 4.79 Å². The molecule has 2 atom stereocenters. The van der Waals surface area contributed by atoms with Gasteiger partial charge in [0.25, 0.3) is 0 Å². The highest BCUT2D eigenvalue weighted by Crippen LogP contribution is 2.26. The predicted molar refractivity (Wildman–Crippen MR) is 71.9 cm³/mol. The molecule has 1 heterocycles. The molecule has 110 valence electrons. The van der Waals surface area contributed by atoms with Gasteiger partial charge in [-0.05, 0) is 37.4 Å². The highest BCUT2D eigenvalue weighted by atomic mass is 19.3. The highest BCUT2D eigenvalue weighted by molar-refractivity contribution is 5.96. The topological polar surface area (TPSA) is 50.4 Å². The summed E-state index contributed by atoms with van der Waals surface area (Å²) < 4.78 is 29.0. The number of hydrogen-bond acceptors (Lipinski definition) is 3. The largest absolute Gasteiger partial charge is 0.433 e. The Morgan fingerprint density at radius 1 is 1.45 bits per heavy atom. The number of para-hydroxylation sites is 2. The molecule has 2 rings (SSSR count). The first-order valence-corrected chi connectivity index (χ1v) is 6.64. The van der Waals surface area contributed by atoms with E-state index in [4.69, 9.17) is 0 Å². The monoisotopic (exact) mass is 284 g/mol. The summed E-state index contributed by atoms with van der Waals surface area (Å²) >= 11 is 0. The molecule has 1 aromatic rings. The van der Waals surface area contributed by atoms with Gasteiger partial charge in [0.1, 0.15) is 5.75 Å². The molecule has 1 saturated heterocycles. The summed E-state index contributed by atoms with van der Waals surface area (Å²) in [6.07, 6.45) is 1.78. The average molecular weight is 284 g/mol. The second-order valence-corrected chi connectivity index (χ2v) is 5.00. The van der Waals surface area contributed by atoms with Crippen molar-refractivity contribution in [1.29, 1.82) is 0 Å². The van der Waals surface area contributed by atoms with Gasteiger partial charge in [-0.15, -0.1) is 0 Å². The van der Waals surface area contributed by atoms with Gasteiger partial charge >= 0.3 is 6.61 Å². The SMILES string of the molecule is CC1CCNC(C(=O)Nc2ccccc2OC(F)F)C1. The molecule has 1 amide bonds. The first-order chi connectivity index (χ1) is 9.56. The molecule has 2 unspecified atom stereocenters. The Morgan fingerprint density at radius 3 is 2.90 bits per heavy atom. The number of anilines is 1. The minimum atomic E-state index is -2.92. The number of alkyl halides is 2. The van der Waals surface area contributed by atoms with Crippen LogP contribution in [0.25, 0.3) is 0 Å². The summed E-state index contributed by atoms with van der Waals surface area (Å²) in [4.78, 5) is 12.1. The van der Waals surface area contributed by atoms with Crippen LogP contribution in [-0.2, 0) is 4.79 Å². The Balaban J connectivity index is 2.03. The van der Waals surface area contributed by atoms with E-state index in [1.165, 1.54) is 6.07 Å². The van der Waals surface area contributed by atoms with Crippen LogP contribution in [0.5, 0.6) is 5.75 Å². The molecule has 1 aromatic carbocycles. The number of piperidine rings is 1. The van der Waals surface area contributed by atoms with Gasteiger partial charge in [0.05, 0.1) is 11.7 Å². The number of carbonyl (C=O) groups is 1. The van der Waals surface area contributed by atoms with Crippen molar-refractivity contribution < 1.29 is 18.3 Å². The molecule has 1 fully saturated rings. The fourth-order valence-corrected chi connectivity index (χ4v) is 2.30. The third-order valence-corrected chi connectivity index (χ3v) is 3.34. The van der Waals surface area contributed by atoms with Crippen LogP contribution in [0.1, 0.15) is 19.8 Å². The lowest BCUT2D eigenvalue weighted by Gasteiger charge is -2.27. The number of ether oxygens (including phenoxy) is 1. The zero-order chi connectivity index (χ0) is 14.5. The van der Waals surface area contributed by atoms with Crippen LogP contribution in [0.15, 0.2) is 24.3 Å². The number of rotatable bonds is 4. The lowest BCUT2D eigenvalue weighted by atomic mass is 9.94. The Morgan fingerprint density at radius 2 is 2.20 bits per heavy atom. The van der Waals surface area contributed by atoms with Crippen LogP contribution >= 0.6 is 0 Å². The van der Waals surface area contributed by atoms with Gasteiger partial charge in [0, 0.05) is 0 Å². The lowest BCUT2D eigenvalue weighted by molar-refractivity contribution is -0.119. The molecule has 0 bridgehead atoms. The molecule has 6 heteroatoms. The van der Waals surface area contributed by atoms with Crippen LogP contribution in [0, 0.1) is 5.92 Å². The maximum absolute atomic E-state index is 12.3. The molecule has 0 radical (unpaired) electrons. The minimum Gasteiger partial charge on any atom is -0.433 e. The van der Waals surface area contributed by atoms with E-state index in [0.29, 0.717) is 5.92 Å². The van der Waals surface area contributed by atoms with Gasteiger partial charge in [-0.2, -0.15) is 8.78 Å². The van der Waals surface area contributed by atoms with E-state index in [1.807, 2.05) is 0 Å². The van der Waals surface area contributed by atoms with Gasteiger partial charge in [-0.25, -0.2) is 0 Å². The van der Waals surface area contributed by atoms with Crippen molar-refractivity contribution in [2.24, 2.45) is 5.92 Å². The molecule has 0 spiro atoms. The molecule has 1 aliphatic heterocycles. The normalized spacial score (nSPS) is 22.6. The van der Waals surface area contributed by atoms with Gasteiger partial charge < -0.3 is 15.4 Å². The van der Waals surface area contributed by atoms with Crippen LogP contribution < -0.4 is 15.4 Å². The van der Waals surface area contributed by atoms with E-state index in [9.17, 15) is 13.6 Å². The maximum Gasteiger partial charge on any atom is 0.387 e. The molecule has 20 heavy (non-hydrogen) atoms. The summed E-state index contributed by atoms with van der Waals surface area (Å²) in [5.41, 5.74) is 0.262. The third kappa shape index (κ3) is 3.90. The minimum absolute atomic E-state index is 0.0280. The summed E-state index contributed by atoms with van der Waals surface area (Å²) in [6.45, 7) is -0.0375.